The summed E-state index contributed by atoms with van der Waals surface area (Å²) in [7, 11) is 2.02. The van der Waals surface area contributed by atoms with Crippen molar-refractivity contribution in [2.45, 2.75) is 25.8 Å². The number of nitrogens with zero attached hydrogens (tertiary/aromatic N) is 3. The highest BCUT2D eigenvalue weighted by Crippen LogP contribution is 2.08. The van der Waals surface area contributed by atoms with E-state index in [0.717, 1.165) is 36.7 Å². The van der Waals surface area contributed by atoms with Gasteiger partial charge in [0.25, 0.3) is 0 Å². The number of nitrogens with two attached hydrogens (primary N) is 1. The largest absolute Gasteiger partial charge is 0.343 e. The van der Waals surface area contributed by atoms with E-state index >= 15 is 0 Å². The molecule has 0 radical (unpaired) electrons. The Hall–Kier alpha value is -0.810. The Labute approximate surface area is 108 Å². The standard InChI is InChI=1S/C12H22N4S/c1-4-11(13)7-10-8-14-12(15-9-10)16(2)5-6-17-3/h8-9,11H,4-7,13H2,1-3H3. The normalized spacial score (nSPS) is 12.5. The Bertz CT molecular complexity index is 315. The van der Waals surface area contributed by atoms with Gasteiger partial charge in [-0.05, 0) is 24.7 Å². The first-order valence-electron chi connectivity index (χ1n) is 5.94. The van der Waals surface area contributed by atoms with Crippen molar-refractivity contribution < 1.29 is 0 Å². The first-order chi connectivity index (χ1) is 8.17. The molecular formula is C12H22N4S. The van der Waals surface area contributed by atoms with E-state index in [4.69, 9.17) is 5.73 Å². The second-order valence-electron chi connectivity index (χ2n) is 4.18. The second-order valence-corrected chi connectivity index (χ2v) is 5.16. The summed E-state index contributed by atoms with van der Waals surface area (Å²) in [5.41, 5.74) is 7.01. The smallest absolute Gasteiger partial charge is 0.225 e. The zero-order valence-electron chi connectivity index (χ0n) is 10.9. The van der Waals surface area contributed by atoms with Crippen molar-refractivity contribution in [3.63, 3.8) is 0 Å². The topological polar surface area (TPSA) is 55.0 Å². The average Bonchev–Trinajstić information content (AvgIpc) is 2.36. The molecule has 1 aromatic heterocycles. The van der Waals surface area contributed by atoms with Gasteiger partial charge < -0.3 is 10.6 Å². The van der Waals surface area contributed by atoms with Gasteiger partial charge in [-0.2, -0.15) is 11.8 Å². The maximum absolute atomic E-state index is 5.90. The lowest BCUT2D eigenvalue weighted by atomic mass is 10.1. The van der Waals surface area contributed by atoms with Crippen LogP contribution in [-0.4, -0.2) is 41.6 Å². The highest BCUT2D eigenvalue weighted by atomic mass is 32.2. The molecule has 17 heavy (non-hydrogen) atoms. The van der Waals surface area contributed by atoms with E-state index < -0.39 is 0 Å². The lowest BCUT2D eigenvalue weighted by Gasteiger charge is -2.16. The molecule has 1 rings (SSSR count). The Morgan fingerprint density at radius 3 is 2.59 bits per heavy atom. The molecule has 1 atom stereocenters. The second kappa shape index (κ2) is 7.50. The van der Waals surface area contributed by atoms with Crippen molar-refractivity contribution in [1.82, 2.24) is 9.97 Å². The summed E-state index contributed by atoms with van der Waals surface area (Å²) in [4.78, 5) is 10.8. The molecule has 0 spiro atoms. The minimum absolute atomic E-state index is 0.207. The fraction of sp³-hybridized carbons (Fsp3) is 0.667. The third-order valence-electron chi connectivity index (χ3n) is 2.69. The van der Waals surface area contributed by atoms with Crippen LogP contribution in [0.1, 0.15) is 18.9 Å². The van der Waals surface area contributed by atoms with Crippen molar-refractivity contribution in [2.75, 3.05) is 30.5 Å². The molecule has 0 saturated heterocycles. The molecule has 0 fully saturated rings. The van der Waals surface area contributed by atoms with Gasteiger partial charge in [-0.25, -0.2) is 9.97 Å². The lowest BCUT2D eigenvalue weighted by Crippen LogP contribution is -2.24. The quantitative estimate of drug-likeness (QED) is 0.800. The molecule has 0 aliphatic rings. The van der Waals surface area contributed by atoms with Crippen molar-refractivity contribution in [2.24, 2.45) is 5.73 Å². The lowest BCUT2D eigenvalue weighted by molar-refractivity contribution is 0.643. The minimum Gasteiger partial charge on any atom is -0.343 e. The van der Waals surface area contributed by atoms with E-state index in [0.29, 0.717) is 0 Å². The summed E-state index contributed by atoms with van der Waals surface area (Å²) in [6.07, 6.45) is 7.70. The van der Waals surface area contributed by atoms with Crippen molar-refractivity contribution >= 4 is 17.7 Å². The maximum Gasteiger partial charge on any atom is 0.225 e. The van der Waals surface area contributed by atoms with Crippen molar-refractivity contribution in [3.05, 3.63) is 18.0 Å². The molecule has 0 amide bonds. The van der Waals surface area contributed by atoms with Crippen LogP contribution >= 0.6 is 11.8 Å². The average molecular weight is 254 g/mol. The van der Waals surface area contributed by atoms with Crippen LogP contribution in [-0.2, 0) is 6.42 Å². The van der Waals surface area contributed by atoms with E-state index in [1.54, 1.807) is 0 Å². The van der Waals surface area contributed by atoms with Crippen LogP contribution in [0.25, 0.3) is 0 Å². The summed E-state index contributed by atoms with van der Waals surface area (Å²) in [6, 6.07) is 0.207. The van der Waals surface area contributed by atoms with Gasteiger partial charge in [-0.15, -0.1) is 0 Å². The molecule has 2 N–H and O–H groups in total. The summed E-state index contributed by atoms with van der Waals surface area (Å²) in [5.74, 6) is 1.87. The fourth-order valence-electron chi connectivity index (χ4n) is 1.43. The first kappa shape index (κ1) is 14.3. The number of hydrogen-bond acceptors (Lipinski definition) is 5. The molecule has 1 aromatic rings. The SMILES string of the molecule is CCC(N)Cc1cnc(N(C)CCSC)nc1. The predicted molar refractivity (Wildman–Crippen MR) is 75.7 cm³/mol. The summed E-state index contributed by atoms with van der Waals surface area (Å²) in [6.45, 7) is 3.06. The Morgan fingerprint density at radius 2 is 2.06 bits per heavy atom. The van der Waals surface area contributed by atoms with E-state index in [9.17, 15) is 0 Å². The predicted octanol–water partition coefficient (Wildman–Crippen LogP) is 1.56. The van der Waals surface area contributed by atoms with Crippen LogP contribution in [0.2, 0.25) is 0 Å². The molecule has 1 unspecified atom stereocenters. The summed E-state index contributed by atoms with van der Waals surface area (Å²) < 4.78 is 0. The van der Waals surface area contributed by atoms with Gasteiger partial charge in [0.15, 0.2) is 0 Å². The van der Waals surface area contributed by atoms with Gasteiger partial charge in [0, 0.05) is 37.8 Å². The maximum atomic E-state index is 5.90. The Balaban J connectivity index is 2.54. The molecule has 5 heteroatoms. The van der Waals surface area contributed by atoms with E-state index in [-0.39, 0.29) is 6.04 Å². The van der Waals surface area contributed by atoms with Crippen LogP contribution in [0.15, 0.2) is 12.4 Å². The number of anilines is 1. The van der Waals surface area contributed by atoms with E-state index in [1.165, 1.54) is 0 Å². The van der Waals surface area contributed by atoms with Crippen LogP contribution in [0.5, 0.6) is 0 Å². The highest BCUT2D eigenvalue weighted by molar-refractivity contribution is 7.98. The van der Waals surface area contributed by atoms with Crippen LogP contribution in [0.3, 0.4) is 0 Å². The Kier molecular flexibility index (Phi) is 6.29. The zero-order chi connectivity index (χ0) is 12.7. The third kappa shape index (κ3) is 4.91. The molecule has 0 saturated carbocycles. The van der Waals surface area contributed by atoms with Gasteiger partial charge in [0.1, 0.15) is 0 Å². The summed E-state index contributed by atoms with van der Waals surface area (Å²) >= 11 is 1.83. The number of thioether (sulfide) groups is 1. The Morgan fingerprint density at radius 1 is 1.41 bits per heavy atom. The molecule has 1 heterocycles. The van der Waals surface area contributed by atoms with Crippen molar-refractivity contribution in [3.8, 4) is 0 Å². The van der Waals surface area contributed by atoms with Gasteiger partial charge in [-0.1, -0.05) is 6.92 Å². The zero-order valence-corrected chi connectivity index (χ0v) is 11.7. The van der Waals surface area contributed by atoms with Crippen LogP contribution < -0.4 is 10.6 Å². The van der Waals surface area contributed by atoms with E-state index in [2.05, 4.69) is 28.0 Å². The van der Waals surface area contributed by atoms with Gasteiger partial charge in [-0.3, -0.25) is 0 Å². The van der Waals surface area contributed by atoms with E-state index in [1.807, 2.05) is 31.2 Å². The van der Waals surface area contributed by atoms with Gasteiger partial charge in [0.05, 0.1) is 0 Å². The molecule has 0 aromatic carbocycles. The van der Waals surface area contributed by atoms with Crippen LogP contribution in [0.4, 0.5) is 5.95 Å². The van der Waals surface area contributed by atoms with Crippen molar-refractivity contribution in [1.29, 1.82) is 0 Å². The number of aromatic nitrogens is 2. The molecule has 96 valence electrons. The fourth-order valence-corrected chi connectivity index (χ4v) is 1.88. The molecule has 0 aliphatic carbocycles. The highest BCUT2D eigenvalue weighted by Gasteiger charge is 2.05. The van der Waals surface area contributed by atoms with Gasteiger partial charge in [0.2, 0.25) is 5.95 Å². The molecule has 4 nitrogen and oxygen atoms in total. The van der Waals surface area contributed by atoms with Crippen LogP contribution in [0, 0.1) is 0 Å². The minimum atomic E-state index is 0.207. The molecule has 0 aliphatic heterocycles. The van der Waals surface area contributed by atoms with Gasteiger partial charge >= 0.3 is 0 Å². The number of hydrogen-bond donors (Lipinski definition) is 1. The molecule has 0 bridgehead atoms. The third-order valence-corrected chi connectivity index (χ3v) is 3.28. The first-order valence-corrected chi connectivity index (χ1v) is 7.33. The number of rotatable bonds is 7. The molecular weight excluding hydrogens is 232 g/mol. The summed E-state index contributed by atoms with van der Waals surface area (Å²) in [5, 5.41) is 0. The monoisotopic (exact) mass is 254 g/mol.